The highest BCUT2D eigenvalue weighted by molar-refractivity contribution is 7.86. The Kier molecular flexibility index (Phi) is 7.24. The summed E-state index contributed by atoms with van der Waals surface area (Å²) in [4.78, 5) is 22.2. The van der Waals surface area contributed by atoms with E-state index in [1.807, 2.05) is 19.9 Å². The fourth-order valence-corrected chi connectivity index (χ4v) is 3.41. The van der Waals surface area contributed by atoms with Gasteiger partial charge in [-0.05, 0) is 30.0 Å². The molecule has 0 aliphatic heterocycles. The van der Waals surface area contributed by atoms with Gasteiger partial charge in [0.2, 0.25) is 0 Å². The molecule has 0 heterocycles. The van der Waals surface area contributed by atoms with E-state index in [1.165, 1.54) is 0 Å². The number of hydrogen-bond acceptors (Lipinski definition) is 7. The lowest BCUT2D eigenvalue weighted by atomic mass is 10.1. The zero-order valence-corrected chi connectivity index (χ0v) is 16.3. The monoisotopic (exact) mass is 407 g/mol. The molecule has 0 aromatic heterocycles. The van der Waals surface area contributed by atoms with E-state index in [4.69, 9.17) is 8.92 Å². The van der Waals surface area contributed by atoms with E-state index in [0.717, 1.165) is 29.8 Å². The van der Waals surface area contributed by atoms with E-state index in [9.17, 15) is 23.3 Å². The molecule has 0 N–H and O–H groups in total. The molecule has 1 unspecified atom stereocenters. The van der Waals surface area contributed by atoms with Crippen molar-refractivity contribution in [2.75, 3.05) is 0 Å². The Bertz CT molecular complexity index is 909. The summed E-state index contributed by atoms with van der Waals surface area (Å²) in [5.74, 6) is -0.815. The largest absolute Gasteiger partial charge is 0.459 e. The number of hydrogen-bond donors (Lipinski definition) is 0. The molecular weight excluding hydrogens is 386 g/mol. The predicted octanol–water partition coefficient (Wildman–Crippen LogP) is 3.46. The van der Waals surface area contributed by atoms with Crippen LogP contribution in [-0.4, -0.2) is 25.4 Å². The highest BCUT2D eigenvalue weighted by Crippen LogP contribution is 2.21. The Balaban J connectivity index is 2.12. The number of nitro benzene ring substituents is 1. The fraction of sp³-hybridized carbons (Fsp3) is 0.316. The molecule has 0 saturated carbocycles. The van der Waals surface area contributed by atoms with Gasteiger partial charge in [-0.25, -0.2) is 4.79 Å². The lowest BCUT2D eigenvalue weighted by Gasteiger charge is -2.18. The maximum absolute atomic E-state index is 12.5. The van der Waals surface area contributed by atoms with Gasteiger partial charge in [0.15, 0.2) is 6.10 Å². The van der Waals surface area contributed by atoms with Gasteiger partial charge in [0.25, 0.3) is 15.8 Å². The summed E-state index contributed by atoms with van der Waals surface area (Å²) >= 11 is 0. The Hall–Kier alpha value is -2.78. The molecule has 2 rings (SSSR count). The molecule has 0 saturated heterocycles. The van der Waals surface area contributed by atoms with Crippen molar-refractivity contribution >= 4 is 21.8 Å². The van der Waals surface area contributed by atoms with E-state index in [0.29, 0.717) is 0 Å². The first-order chi connectivity index (χ1) is 13.2. The van der Waals surface area contributed by atoms with Crippen LogP contribution < -0.4 is 0 Å². The van der Waals surface area contributed by atoms with Gasteiger partial charge < -0.3 is 4.74 Å². The lowest BCUT2D eigenvalue weighted by molar-refractivity contribution is -0.384. The minimum Gasteiger partial charge on any atom is -0.459 e. The maximum atomic E-state index is 12.5. The van der Waals surface area contributed by atoms with Crippen LogP contribution in [0.4, 0.5) is 5.69 Å². The highest BCUT2D eigenvalue weighted by Gasteiger charge is 2.30. The van der Waals surface area contributed by atoms with Gasteiger partial charge >= 0.3 is 5.97 Å². The van der Waals surface area contributed by atoms with Crippen LogP contribution in [0.5, 0.6) is 0 Å². The summed E-state index contributed by atoms with van der Waals surface area (Å²) in [7, 11) is -4.30. The summed E-state index contributed by atoms with van der Waals surface area (Å²) in [5, 5.41) is 10.7. The molecular formula is C19H21NO7S. The molecule has 2 aromatic rings. The van der Waals surface area contributed by atoms with Gasteiger partial charge in [0.05, 0.1) is 9.82 Å². The van der Waals surface area contributed by atoms with Gasteiger partial charge in [-0.2, -0.15) is 8.42 Å². The molecule has 1 atom stereocenters. The first kappa shape index (κ1) is 21.5. The number of carbonyl (C=O) groups is 1. The van der Waals surface area contributed by atoms with Crippen LogP contribution in [0.1, 0.15) is 25.8 Å². The second-order valence-electron chi connectivity index (χ2n) is 6.51. The van der Waals surface area contributed by atoms with E-state index in [1.54, 1.807) is 24.3 Å². The Morgan fingerprint density at radius 3 is 2.21 bits per heavy atom. The van der Waals surface area contributed by atoms with Crippen molar-refractivity contribution < 1.29 is 27.1 Å². The molecule has 0 spiro atoms. The molecule has 0 aliphatic carbocycles. The predicted molar refractivity (Wildman–Crippen MR) is 101 cm³/mol. The molecule has 0 aliphatic rings. The van der Waals surface area contributed by atoms with Gasteiger partial charge in [-0.15, -0.1) is 0 Å². The molecule has 2 aromatic carbocycles. The number of benzene rings is 2. The van der Waals surface area contributed by atoms with Crippen molar-refractivity contribution in [2.45, 2.75) is 37.9 Å². The standard InChI is InChI=1S/C19H21NO7S/c1-14(2)12-18(19(21)26-13-15-6-4-3-5-7-15)27-28(24,25)17-10-8-16(9-11-17)20(22)23/h3-11,14,18H,12-13H2,1-2H3. The number of carbonyl (C=O) groups excluding carboxylic acids is 1. The van der Waals surface area contributed by atoms with Crippen molar-refractivity contribution in [1.82, 2.24) is 0 Å². The van der Waals surface area contributed by atoms with Crippen LogP contribution in [0.25, 0.3) is 0 Å². The second-order valence-corrected chi connectivity index (χ2v) is 8.08. The molecule has 150 valence electrons. The second kappa shape index (κ2) is 9.43. The van der Waals surface area contributed by atoms with E-state index in [2.05, 4.69) is 0 Å². The smallest absolute Gasteiger partial charge is 0.337 e. The van der Waals surface area contributed by atoms with Crippen LogP contribution in [0, 0.1) is 16.0 Å². The summed E-state index contributed by atoms with van der Waals surface area (Å²) in [6.07, 6.45) is -1.18. The van der Waals surface area contributed by atoms with Crippen LogP contribution in [0.15, 0.2) is 59.5 Å². The summed E-state index contributed by atoms with van der Waals surface area (Å²) in [6, 6.07) is 13.2. The van der Waals surface area contributed by atoms with Crippen molar-refractivity contribution in [3.05, 3.63) is 70.3 Å². The Labute approximate surface area is 163 Å². The summed E-state index contributed by atoms with van der Waals surface area (Å²) < 4.78 is 35.3. The van der Waals surface area contributed by atoms with E-state index >= 15 is 0 Å². The SMILES string of the molecule is CC(C)CC(OS(=O)(=O)c1ccc([N+](=O)[O-])cc1)C(=O)OCc1ccccc1. The Morgan fingerprint density at radius 1 is 1.07 bits per heavy atom. The number of non-ortho nitro benzene ring substituents is 1. The van der Waals surface area contributed by atoms with E-state index in [-0.39, 0.29) is 29.5 Å². The first-order valence-corrected chi connectivity index (χ1v) is 9.98. The maximum Gasteiger partial charge on any atom is 0.337 e. The third-order valence-electron chi connectivity index (χ3n) is 3.75. The third kappa shape index (κ3) is 6.14. The average Bonchev–Trinajstić information content (AvgIpc) is 2.66. The number of rotatable bonds is 9. The van der Waals surface area contributed by atoms with Gasteiger partial charge in [-0.1, -0.05) is 44.2 Å². The van der Waals surface area contributed by atoms with Crippen LogP contribution in [0.3, 0.4) is 0 Å². The highest BCUT2D eigenvalue weighted by atomic mass is 32.2. The van der Waals surface area contributed by atoms with Crippen LogP contribution in [-0.2, 0) is 30.4 Å². The van der Waals surface area contributed by atoms with E-state index < -0.39 is 27.1 Å². The quantitative estimate of drug-likeness (QED) is 0.271. The minimum absolute atomic E-state index is 0.00475. The lowest BCUT2D eigenvalue weighted by Crippen LogP contribution is -2.30. The molecule has 28 heavy (non-hydrogen) atoms. The molecule has 0 bridgehead atoms. The minimum atomic E-state index is -4.30. The topological polar surface area (TPSA) is 113 Å². The first-order valence-electron chi connectivity index (χ1n) is 8.57. The van der Waals surface area contributed by atoms with Crippen LogP contribution >= 0.6 is 0 Å². The van der Waals surface area contributed by atoms with Crippen molar-refractivity contribution in [1.29, 1.82) is 0 Å². The molecule has 8 nitrogen and oxygen atoms in total. The fourth-order valence-electron chi connectivity index (χ4n) is 2.37. The summed E-state index contributed by atoms with van der Waals surface area (Å²) in [6.45, 7) is 3.63. The zero-order valence-electron chi connectivity index (χ0n) is 15.5. The molecule has 9 heteroatoms. The van der Waals surface area contributed by atoms with Gasteiger partial charge in [0, 0.05) is 12.1 Å². The number of nitro groups is 1. The number of ether oxygens (including phenoxy) is 1. The van der Waals surface area contributed by atoms with Crippen molar-refractivity contribution in [3.63, 3.8) is 0 Å². The molecule has 0 radical (unpaired) electrons. The Morgan fingerprint density at radius 2 is 1.68 bits per heavy atom. The van der Waals surface area contributed by atoms with Gasteiger partial charge in [-0.3, -0.25) is 14.3 Å². The van der Waals surface area contributed by atoms with Crippen molar-refractivity contribution in [2.24, 2.45) is 5.92 Å². The van der Waals surface area contributed by atoms with Crippen LogP contribution in [0.2, 0.25) is 0 Å². The molecule has 0 fully saturated rings. The molecule has 0 amide bonds. The van der Waals surface area contributed by atoms with Gasteiger partial charge in [0.1, 0.15) is 6.61 Å². The van der Waals surface area contributed by atoms with Crippen molar-refractivity contribution in [3.8, 4) is 0 Å². The average molecular weight is 407 g/mol. The number of esters is 1. The number of nitrogens with zero attached hydrogens (tertiary/aromatic N) is 1. The third-order valence-corrected chi connectivity index (χ3v) is 5.09. The normalized spacial score (nSPS) is 12.5. The summed E-state index contributed by atoms with van der Waals surface area (Å²) in [5.41, 5.74) is 0.511. The zero-order chi connectivity index (χ0) is 20.7.